The highest BCUT2D eigenvalue weighted by Crippen LogP contribution is 2.29. The Morgan fingerprint density at radius 2 is 1.11 bits per heavy atom. The number of hydrogen-bond acceptors (Lipinski definition) is 9. The van der Waals surface area contributed by atoms with Gasteiger partial charge in [0.1, 0.15) is 25.0 Å². The molecule has 1 saturated heterocycles. The SMILES string of the molecule is CCCCCCCCCCCCC(CCCCCCCCCCCC)C(=O)O[C@H]1[C@H](O)[C@@H](CO)O[C@@H](OCc2ccccc2)[C@@H]1NC(=O)C[C@@H](CCCCCCCCCCC)OCOCC[Si](C)(C)C. The van der Waals surface area contributed by atoms with Gasteiger partial charge in [0.2, 0.25) is 5.91 Å². The first-order valence-electron chi connectivity index (χ1n) is 29.3. The highest BCUT2D eigenvalue weighted by Gasteiger charge is 2.49. The zero-order chi connectivity index (χ0) is 50.9. The molecule has 70 heavy (non-hydrogen) atoms. The number of amides is 1. The molecule has 0 spiro atoms. The summed E-state index contributed by atoms with van der Waals surface area (Å²) < 4.78 is 31.2. The number of unbranched alkanes of at least 4 members (excludes halogenated alkanes) is 26. The number of benzene rings is 1. The minimum atomic E-state index is -1.39. The fraction of sp³-hybridized carbons (Fsp3) is 0.864. The van der Waals surface area contributed by atoms with Crippen molar-refractivity contribution < 1.29 is 43.5 Å². The molecule has 0 bridgehead atoms. The van der Waals surface area contributed by atoms with E-state index in [1.165, 1.54) is 128 Å². The van der Waals surface area contributed by atoms with Crippen LogP contribution in [0.3, 0.4) is 0 Å². The van der Waals surface area contributed by atoms with Crippen molar-refractivity contribution in [1.29, 1.82) is 0 Å². The molecule has 0 unspecified atom stereocenters. The van der Waals surface area contributed by atoms with Crippen LogP contribution in [0.5, 0.6) is 0 Å². The van der Waals surface area contributed by atoms with Crippen LogP contribution in [-0.4, -0.2) is 86.9 Å². The number of esters is 1. The van der Waals surface area contributed by atoms with Gasteiger partial charge in [-0.2, -0.15) is 0 Å². The summed E-state index contributed by atoms with van der Waals surface area (Å²) in [7, 11) is -1.28. The molecule has 1 aromatic carbocycles. The van der Waals surface area contributed by atoms with Gasteiger partial charge in [-0.3, -0.25) is 9.59 Å². The lowest BCUT2D eigenvalue weighted by atomic mass is 9.92. The largest absolute Gasteiger partial charge is 0.457 e. The smallest absolute Gasteiger partial charge is 0.309 e. The summed E-state index contributed by atoms with van der Waals surface area (Å²) in [6.07, 6.45) is 32.2. The fourth-order valence-electron chi connectivity index (χ4n) is 9.58. The van der Waals surface area contributed by atoms with E-state index in [1.54, 1.807) is 0 Å². The molecule has 1 heterocycles. The summed E-state index contributed by atoms with van der Waals surface area (Å²) in [5, 5.41) is 25.4. The topological polar surface area (TPSA) is 133 Å². The molecule has 10 nitrogen and oxygen atoms in total. The number of carbonyl (C=O) groups is 2. The molecule has 1 fully saturated rings. The quantitative estimate of drug-likeness (QED) is 0.0253. The van der Waals surface area contributed by atoms with Gasteiger partial charge in [-0.25, -0.2) is 0 Å². The first kappa shape index (κ1) is 64.3. The molecule has 2 rings (SSSR count). The first-order chi connectivity index (χ1) is 34.0. The van der Waals surface area contributed by atoms with Gasteiger partial charge in [-0.15, -0.1) is 0 Å². The number of nitrogens with one attached hydrogen (secondary N) is 1. The molecule has 3 N–H and O–H groups in total. The van der Waals surface area contributed by atoms with E-state index in [1.807, 2.05) is 30.3 Å². The lowest BCUT2D eigenvalue weighted by molar-refractivity contribution is -0.277. The van der Waals surface area contributed by atoms with Gasteiger partial charge in [0, 0.05) is 14.7 Å². The van der Waals surface area contributed by atoms with Crippen molar-refractivity contribution in [2.24, 2.45) is 5.92 Å². The average Bonchev–Trinajstić information content (AvgIpc) is 3.34. The summed E-state index contributed by atoms with van der Waals surface area (Å²) >= 11 is 0. The van der Waals surface area contributed by atoms with Gasteiger partial charge < -0.3 is 39.2 Å². The summed E-state index contributed by atoms with van der Waals surface area (Å²) in [6.45, 7) is 14.1. The van der Waals surface area contributed by atoms with E-state index < -0.39 is 45.3 Å². The predicted octanol–water partition coefficient (Wildman–Crippen LogP) is 14.9. The third-order valence-corrected chi connectivity index (χ3v) is 16.0. The molecule has 0 radical (unpaired) electrons. The number of hydrogen-bond donors (Lipinski definition) is 3. The third-order valence-electron chi connectivity index (χ3n) is 14.3. The van der Waals surface area contributed by atoms with Crippen LogP contribution < -0.4 is 5.32 Å². The minimum Gasteiger partial charge on any atom is -0.457 e. The van der Waals surface area contributed by atoms with E-state index in [4.69, 9.17) is 23.7 Å². The van der Waals surface area contributed by atoms with Gasteiger partial charge in [0.05, 0.1) is 31.7 Å². The Morgan fingerprint density at radius 3 is 1.57 bits per heavy atom. The molecule has 0 aliphatic carbocycles. The van der Waals surface area contributed by atoms with Crippen molar-refractivity contribution in [2.75, 3.05) is 20.0 Å². The highest BCUT2D eigenvalue weighted by atomic mass is 28.3. The monoisotopic (exact) mass is 1000 g/mol. The van der Waals surface area contributed by atoms with E-state index in [-0.39, 0.29) is 43.7 Å². The Bertz CT molecular complexity index is 1340. The maximum Gasteiger partial charge on any atom is 0.309 e. The molecular formula is C59H109NO9Si. The Balaban J connectivity index is 2.25. The number of rotatable bonds is 47. The zero-order valence-corrected chi connectivity index (χ0v) is 47.1. The van der Waals surface area contributed by atoms with Crippen LogP contribution in [0.25, 0.3) is 0 Å². The first-order valence-corrected chi connectivity index (χ1v) is 33.0. The zero-order valence-electron chi connectivity index (χ0n) is 46.1. The molecule has 0 saturated carbocycles. The van der Waals surface area contributed by atoms with E-state index in [9.17, 15) is 19.8 Å². The third kappa shape index (κ3) is 32.3. The lowest BCUT2D eigenvalue weighted by Crippen LogP contribution is -2.66. The minimum absolute atomic E-state index is 0.0661. The molecule has 1 aliphatic heterocycles. The number of aliphatic hydroxyl groups is 2. The van der Waals surface area contributed by atoms with Crippen LogP contribution >= 0.6 is 0 Å². The van der Waals surface area contributed by atoms with Crippen LogP contribution in [0.15, 0.2) is 30.3 Å². The summed E-state index contributed by atoms with van der Waals surface area (Å²) in [4.78, 5) is 28.8. The van der Waals surface area contributed by atoms with Crippen molar-refractivity contribution in [1.82, 2.24) is 5.32 Å². The van der Waals surface area contributed by atoms with Gasteiger partial charge >= 0.3 is 5.97 Å². The van der Waals surface area contributed by atoms with E-state index in [0.717, 1.165) is 82.2 Å². The van der Waals surface area contributed by atoms with Crippen molar-refractivity contribution in [3.05, 3.63) is 35.9 Å². The van der Waals surface area contributed by atoms with Crippen molar-refractivity contribution >= 4 is 20.0 Å². The van der Waals surface area contributed by atoms with Gasteiger partial charge in [-0.05, 0) is 30.9 Å². The van der Waals surface area contributed by atoms with Crippen LogP contribution in [0.1, 0.15) is 238 Å². The normalized spacial score (nSPS) is 18.9. The van der Waals surface area contributed by atoms with Gasteiger partial charge in [0.25, 0.3) is 0 Å². The van der Waals surface area contributed by atoms with E-state index in [2.05, 4.69) is 45.7 Å². The van der Waals surface area contributed by atoms with Gasteiger partial charge in [0.15, 0.2) is 12.4 Å². The predicted molar refractivity (Wildman–Crippen MR) is 292 cm³/mol. The molecule has 11 heteroatoms. The Labute approximate surface area is 430 Å². The maximum atomic E-state index is 14.5. The van der Waals surface area contributed by atoms with Crippen LogP contribution in [0.4, 0.5) is 0 Å². The molecule has 1 amide bonds. The number of ether oxygens (including phenoxy) is 5. The van der Waals surface area contributed by atoms with E-state index in [0.29, 0.717) is 13.0 Å². The number of aliphatic hydroxyl groups excluding tert-OH is 2. The second-order valence-corrected chi connectivity index (χ2v) is 27.7. The Hall–Kier alpha value is -1.86. The highest BCUT2D eigenvalue weighted by molar-refractivity contribution is 6.76. The average molecular weight is 1000 g/mol. The molecule has 408 valence electrons. The standard InChI is InChI=1S/C59H109NO9Si/c1-7-10-13-16-19-22-25-27-30-36-41-51(42-37-31-28-26-23-20-17-14-11-8-2)58(64)69-57-55(59(68-53(47-61)56(57)63)66-48-50-39-34-33-35-40-50)60-54(62)46-52(67-49-65-44-45-70(4,5)6)43-38-32-29-24-21-18-15-12-9-3/h33-35,39-40,51-53,55-57,59,61,63H,7-32,36-38,41-49H2,1-6H3,(H,60,62)/t52-,53-,55-,56-,57-,59-/m1/s1. The maximum absolute atomic E-state index is 14.5. The lowest BCUT2D eigenvalue weighted by Gasteiger charge is -2.44. The number of carbonyl (C=O) groups excluding carboxylic acids is 2. The summed E-state index contributed by atoms with van der Waals surface area (Å²) in [5.41, 5.74) is 0.896. The van der Waals surface area contributed by atoms with Crippen molar-refractivity contribution in [3.63, 3.8) is 0 Å². The van der Waals surface area contributed by atoms with Crippen LogP contribution in [-0.2, 0) is 39.9 Å². The Kier molecular flexibility index (Phi) is 39.0. The van der Waals surface area contributed by atoms with E-state index >= 15 is 0 Å². The second kappa shape index (κ2) is 42.5. The molecule has 1 aliphatic rings. The second-order valence-electron chi connectivity index (χ2n) is 22.1. The molecule has 6 atom stereocenters. The fourth-order valence-corrected chi connectivity index (χ4v) is 10.3. The molecule has 0 aromatic heterocycles. The van der Waals surface area contributed by atoms with Gasteiger partial charge in [-0.1, -0.05) is 257 Å². The van der Waals surface area contributed by atoms with Crippen molar-refractivity contribution in [3.8, 4) is 0 Å². The molecular weight excluding hydrogens is 895 g/mol. The summed E-state index contributed by atoms with van der Waals surface area (Å²) in [6, 6.07) is 9.67. The summed E-state index contributed by atoms with van der Waals surface area (Å²) in [5.74, 6) is -1.01. The van der Waals surface area contributed by atoms with Crippen molar-refractivity contribution in [2.45, 2.75) is 302 Å². The molecule has 1 aromatic rings. The van der Waals surface area contributed by atoms with Crippen LogP contribution in [0, 0.1) is 5.92 Å². The Morgan fingerprint density at radius 1 is 0.657 bits per heavy atom. The van der Waals surface area contributed by atoms with Crippen LogP contribution in [0.2, 0.25) is 25.7 Å².